The first-order valence-corrected chi connectivity index (χ1v) is 6.53. The summed E-state index contributed by atoms with van der Waals surface area (Å²) in [5.41, 5.74) is 1.32. The van der Waals surface area contributed by atoms with E-state index in [4.69, 9.17) is 4.74 Å². The van der Waals surface area contributed by atoms with Crippen LogP contribution in [0.1, 0.15) is 5.56 Å². The summed E-state index contributed by atoms with van der Waals surface area (Å²) in [5.74, 6) is 0.542. The van der Waals surface area contributed by atoms with Crippen LogP contribution < -0.4 is 5.32 Å². The first kappa shape index (κ1) is 17.2. The molecule has 1 aliphatic rings. The second-order valence-corrected chi connectivity index (χ2v) is 4.87. The van der Waals surface area contributed by atoms with Crippen molar-refractivity contribution in [1.82, 2.24) is 10.3 Å². The fourth-order valence-electron chi connectivity index (χ4n) is 2.54. The smallest absolute Gasteiger partial charge is 0.0591 e. The van der Waals surface area contributed by atoms with Crippen LogP contribution in [-0.2, 0) is 11.2 Å². The lowest BCUT2D eigenvalue weighted by Crippen LogP contribution is -2.24. The van der Waals surface area contributed by atoms with Crippen LogP contribution in [-0.4, -0.2) is 31.3 Å². The third kappa shape index (κ3) is 4.06. The summed E-state index contributed by atoms with van der Waals surface area (Å²) in [6.45, 7) is 3.66. The molecule has 20 heavy (non-hydrogen) atoms. The lowest BCUT2D eigenvalue weighted by atomic mass is 9.97. The molecular formula is C15H20Cl2N2O. The lowest BCUT2D eigenvalue weighted by Gasteiger charge is -2.14. The minimum atomic E-state index is 0. The van der Waals surface area contributed by atoms with E-state index in [1.807, 2.05) is 12.4 Å². The summed E-state index contributed by atoms with van der Waals surface area (Å²) in [6.07, 6.45) is 4.95. The van der Waals surface area contributed by atoms with E-state index in [1.165, 1.54) is 16.3 Å². The molecule has 3 nitrogen and oxygen atoms in total. The standard InChI is InChI=1S/C15H18N2O.2ClH/c1-2-4-15-13(3-1)9-17-10-14(15)7-12-8-16-5-6-18-11-12;;/h1-4,9-10,12,16H,5-8,11H2;2*1H. The second kappa shape index (κ2) is 8.42. The predicted octanol–water partition coefficient (Wildman–Crippen LogP) is 2.86. The number of nitrogens with one attached hydrogen (secondary N) is 1. The van der Waals surface area contributed by atoms with Crippen molar-refractivity contribution < 1.29 is 4.74 Å². The molecule has 1 saturated heterocycles. The molecule has 1 aromatic heterocycles. The van der Waals surface area contributed by atoms with Crippen molar-refractivity contribution in [3.05, 3.63) is 42.2 Å². The van der Waals surface area contributed by atoms with Crippen molar-refractivity contribution in [2.45, 2.75) is 6.42 Å². The zero-order valence-electron chi connectivity index (χ0n) is 11.2. The molecule has 0 aliphatic carbocycles. The van der Waals surface area contributed by atoms with E-state index in [1.54, 1.807) is 0 Å². The SMILES string of the molecule is Cl.Cl.c1ccc2c(CC3CNCCOC3)cncc2c1. The number of rotatable bonds is 2. The molecule has 0 bridgehead atoms. The third-order valence-electron chi connectivity index (χ3n) is 3.47. The van der Waals surface area contributed by atoms with Gasteiger partial charge in [-0.05, 0) is 23.3 Å². The van der Waals surface area contributed by atoms with E-state index < -0.39 is 0 Å². The minimum Gasteiger partial charge on any atom is -0.380 e. The number of ether oxygens (including phenoxy) is 1. The zero-order chi connectivity index (χ0) is 12.2. The number of fused-ring (bicyclic) bond motifs is 1. The number of aromatic nitrogens is 1. The fraction of sp³-hybridized carbons (Fsp3) is 0.400. The van der Waals surface area contributed by atoms with Crippen LogP contribution >= 0.6 is 24.8 Å². The van der Waals surface area contributed by atoms with Crippen LogP contribution in [0, 0.1) is 5.92 Å². The topological polar surface area (TPSA) is 34.1 Å². The molecule has 2 heterocycles. The van der Waals surface area contributed by atoms with Gasteiger partial charge < -0.3 is 10.1 Å². The molecule has 0 saturated carbocycles. The molecule has 1 N–H and O–H groups in total. The molecule has 1 unspecified atom stereocenters. The van der Waals surface area contributed by atoms with Gasteiger partial charge in [-0.1, -0.05) is 24.3 Å². The highest BCUT2D eigenvalue weighted by atomic mass is 35.5. The molecule has 5 heteroatoms. The minimum absolute atomic E-state index is 0. The van der Waals surface area contributed by atoms with Gasteiger partial charge in [-0.3, -0.25) is 4.98 Å². The van der Waals surface area contributed by atoms with Crippen LogP contribution in [0.2, 0.25) is 0 Å². The normalized spacial score (nSPS) is 18.7. The van der Waals surface area contributed by atoms with Crippen LogP contribution in [0.3, 0.4) is 0 Å². The molecule has 0 spiro atoms. The van der Waals surface area contributed by atoms with Gasteiger partial charge in [0.2, 0.25) is 0 Å². The highest BCUT2D eigenvalue weighted by Gasteiger charge is 2.14. The van der Waals surface area contributed by atoms with Crippen LogP contribution in [0.25, 0.3) is 10.8 Å². The van der Waals surface area contributed by atoms with Crippen molar-refractivity contribution in [3.63, 3.8) is 0 Å². The number of halogens is 2. The predicted molar refractivity (Wildman–Crippen MR) is 87.1 cm³/mol. The molecular weight excluding hydrogens is 295 g/mol. The molecule has 110 valence electrons. The van der Waals surface area contributed by atoms with Crippen molar-refractivity contribution in [1.29, 1.82) is 0 Å². The van der Waals surface area contributed by atoms with Crippen molar-refractivity contribution in [3.8, 4) is 0 Å². The zero-order valence-corrected chi connectivity index (χ0v) is 12.9. The molecule has 3 rings (SSSR count). The maximum Gasteiger partial charge on any atom is 0.0591 e. The van der Waals surface area contributed by atoms with Crippen molar-refractivity contribution in [2.75, 3.05) is 26.3 Å². The maximum absolute atomic E-state index is 5.61. The summed E-state index contributed by atoms with van der Waals surface area (Å²) in [7, 11) is 0. The highest BCUT2D eigenvalue weighted by molar-refractivity contribution is 5.86. The molecule has 1 atom stereocenters. The van der Waals surface area contributed by atoms with Gasteiger partial charge in [-0.15, -0.1) is 24.8 Å². The number of pyridine rings is 1. The maximum atomic E-state index is 5.61. The van der Waals surface area contributed by atoms with Crippen molar-refractivity contribution >= 4 is 35.6 Å². The fourth-order valence-corrected chi connectivity index (χ4v) is 2.54. The van der Waals surface area contributed by atoms with Crippen molar-refractivity contribution in [2.24, 2.45) is 5.92 Å². The van der Waals surface area contributed by atoms with Gasteiger partial charge in [-0.2, -0.15) is 0 Å². The summed E-state index contributed by atoms with van der Waals surface area (Å²) in [5, 5.41) is 5.96. The first-order valence-electron chi connectivity index (χ1n) is 6.53. The van der Waals surface area contributed by atoms with E-state index >= 15 is 0 Å². The monoisotopic (exact) mass is 314 g/mol. The Morgan fingerprint density at radius 1 is 1.20 bits per heavy atom. The van der Waals surface area contributed by atoms with Crippen LogP contribution in [0.5, 0.6) is 0 Å². The van der Waals surface area contributed by atoms with Gasteiger partial charge in [-0.25, -0.2) is 0 Å². The van der Waals surface area contributed by atoms with E-state index in [0.717, 1.165) is 32.7 Å². The Bertz CT molecular complexity index is 523. The van der Waals surface area contributed by atoms with Gasteiger partial charge in [0, 0.05) is 30.9 Å². The van der Waals surface area contributed by atoms with Gasteiger partial charge >= 0.3 is 0 Å². The third-order valence-corrected chi connectivity index (χ3v) is 3.47. The Labute approximate surface area is 131 Å². The Morgan fingerprint density at radius 2 is 2.05 bits per heavy atom. The lowest BCUT2D eigenvalue weighted by molar-refractivity contribution is 0.123. The number of hydrogen-bond acceptors (Lipinski definition) is 3. The summed E-state index contributed by atoms with van der Waals surface area (Å²) >= 11 is 0. The van der Waals surface area contributed by atoms with Gasteiger partial charge in [0.1, 0.15) is 0 Å². The Kier molecular flexibility index (Phi) is 7.24. The summed E-state index contributed by atoms with van der Waals surface area (Å²) in [6, 6.07) is 8.45. The van der Waals surface area contributed by atoms with Gasteiger partial charge in [0.15, 0.2) is 0 Å². The average molecular weight is 315 g/mol. The largest absolute Gasteiger partial charge is 0.380 e. The molecule has 1 aliphatic heterocycles. The summed E-state index contributed by atoms with van der Waals surface area (Å²) < 4.78 is 5.61. The van der Waals surface area contributed by atoms with E-state index in [9.17, 15) is 0 Å². The van der Waals surface area contributed by atoms with E-state index in [0.29, 0.717) is 5.92 Å². The molecule has 0 radical (unpaired) electrons. The Morgan fingerprint density at radius 3 is 2.95 bits per heavy atom. The molecule has 0 amide bonds. The van der Waals surface area contributed by atoms with Gasteiger partial charge in [0.25, 0.3) is 0 Å². The highest BCUT2D eigenvalue weighted by Crippen LogP contribution is 2.20. The second-order valence-electron chi connectivity index (χ2n) is 4.87. The number of hydrogen-bond donors (Lipinski definition) is 1. The van der Waals surface area contributed by atoms with Crippen LogP contribution in [0.4, 0.5) is 0 Å². The first-order chi connectivity index (χ1) is 8.93. The van der Waals surface area contributed by atoms with E-state index in [-0.39, 0.29) is 24.8 Å². The quantitative estimate of drug-likeness (QED) is 0.925. The average Bonchev–Trinajstić information content (AvgIpc) is 2.68. The number of nitrogens with zero attached hydrogens (tertiary/aromatic N) is 1. The van der Waals surface area contributed by atoms with Crippen LogP contribution in [0.15, 0.2) is 36.7 Å². The molecule has 1 aromatic carbocycles. The van der Waals surface area contributed by atoms with E-state index in [2.05, 4.69) is 34.6 Å². The number of benzene rings is 1. The molecule has 2 aromatic rings. The summed E-state index contributed by atoms with van der Waals surface area (Å²) in [4.78, 5) is 4.34. The molecule has 1 fully saturated rings. The Hall–Kier alpha value is -0.870. The Balaban J connectivity index is 0.000001000. The van der Waals surface area contributed by atoms with Gasteiger partial charge in [0.05, 0.1) is 13.2 Å².